The quantitative estimate of drug-likeness (QED) is 0.235. The van der Waals surface area contributed by atoms with Crippen molar-refractivity contribution >= 4 is 46.7 Å². The number of carbonyl (C=O) groups is 5. The van der Waals surface area contributed by atoms with Crippen LogP contribution in [0.2, 0.25) is 5.02 Å². The minimum Gasteiger partial charge on any atom is -0.496 e. The second kappa shape index (κ2) is 16.4. The number of amides is 4. The van der Waals surface area contributed by atoms with Crippen LogP contribution in [0, 0.1) is 11.3 Å². The molecule has 2 aliphatic carbocycles. The van der Waals surface area contributed by atoms with Gasteiger partial charge in [0.2, 0.25) is 23.5 Å². The average Bonchev–Trinajstić information content (AvgIpc) is 3.71. The fourth-order valence-corrected chi connectivity index (χ4v) is 7.76. The van der Waals surface area contributed by atoms with Crippen LogP contribution in [0.25, 0.3) is 0 Å². The zero-order valence-corrected chi connectivity index (χ0v) is 32.0. The molecule has 52 heavy (non-hydrogen) atoms. The number of nitrogens with zero attached hydrogens (tertiary/aromatic N) is 2. The number of Topliss-reactive ketones (excluding diaryl/α,β-unsaturated/α-hetero) is 1. The third kappa shape index (κ3) is 9.19. The maximum atomic E-state index is 14.7. The molecule has 286 valence electrons. The first-order valence-corrected chi connectivity index (χ1v) is 19.0. The molecule has 2 saturated carbocycles. The SMILES string of the molecule is CCC[C@H](NC(=O)[C@@H]1C[C@]2(CC(c3cc(Cl)c(OC)cc3OC)=NO2)CN1C(=O)[C@@H](NC(=O)CC1CCCCC1)C(C)(C)C)C(=O)C(=O)NC1CC1. The van der Waals surface area contributed by atoms with Crippen molar-refractivity contribution in [2.24, 2.45) is 16.5 Å². The summed E-state index contributed by atoms with van der Waals surface area (Å²) in [6, 6.07) is 0.206. The van der Waals surface area contributed by atoms with Crippen molar-refractivity contribution in [2.45, 2.75) is 135 Å². The molecule has 13 nitrogen and oxygen atoms in total. The van der Waals surface area contributed by atoms with E-state index in [4.69, 9.17) is 25.9 Å². The smallest absolute Gasteiger partial charge is 0.289 e. The maximum absolute atomic E-state index is 14.7. The number of ketones is 1. The Morgan fingerprint density at radius 2 is 1.71 bits per heavy atom. The van der Waals surface area contributed by atoms with Crippen molar-refractivity contribution in [3.05, 3.63) is 22.7 Å². The van der Waals surface area contributed by atoms with Gasteiger partial charge in [0.1, 0.15) is 23.6 Å². The summed E-state index contributed by atoms with van der Waals surface area (Å²) < 4.78 is 11.0. The van der Waals surface area contributed by atoms with Crippen LogP contribution in [0.5, 0.6) is 11.5 Å². The van der Waals surface area contributed by atoms with Gasteiger partial charge in [-0.25, -0.2) is 0 Å². The van der Waals surface area contributed by atoms with Crippen LogP contribution in [0.4, 0.5) is 0 Å². The van der Waals surface area contributed by atoms with E-state index < -0.39 is 52.6 Å². The van der Waals surface area contributed by atoms with Crippen LogP contribution in [0.1, 0.15) is 110 Å². The van der Waals surface area contributed by atoms with E-state index in [1.807, 2.05) is 27.7 Å². The van der Waals surface area contributed by atoms with E-state index in [2.05, 4.69) is 21.1 Å². The zero-order chi connectivity index (χ0) is 37.8. The molecule has 0 unspecified atom stereocenters. The highest BCUT2D eigenvalue weighted by Crippen LogP contribution is 2.42. The average molecular weight is 744 g/mol. The lowest BCUT2D eigenvalue weighted by Crippen LogP contribution is -2.59. The molecule has 0 bridgehead atoms. The molecule has 3 fully saturated rings. The minimum absolute atomic E-state index is 0.0112. The highest BCUT2D eigenvalue weighted by molar-refractivity contribution is 6.38. The Morgan fingerprint density at radius 1 is 1.02 bits per heavy atom. The normalized spacial score (nSPS) is 22.9. The lowest BCUT2D eigenvalue weighted by molar-refractivity contribution is -0.145. The first-order chi connectivity index (χ1) is 24.7. The largest absolute Gasteiger partial charge is 0.496 e. The predicted molar refractivity (Wildman–Crippen MR) is 195 cm³/mol. The van der Waals surface area contributed by atoms with Crippen LogP contribution >= 0.6 is 11.6 Å². The molecular formula is C38H54ClN5O8. The van der Waals surface area contributed by atoms with E-state index in [1.165, 1.54) is 25.5 Å². The molecule has 0 aromatic heterocycles. The number of halogens is 1. The number of ether oxygens (including phenoxy) is 2. The van der Waals surface area contributed by atoms with Crippen molar-refractivity contribution in [1.29, 1.82) is 0 Å². The molecule has 3 N–H and O–H groups in total. The number of nitrogens with one attached hydrogen (secondary N) is 3. The molecule has 1 aromatic rings. The molecule has 4 aliphatic rings. The van der Waals surface area contributed by atoms with Gasteiger partial charge in [-0.3, -0.25) is 24.0 Å². The monoisotopic (exact) mass is 743 g/mol. The molecule has 1 aromatic carbocycles. The summed E-state index contributed by atoms with van der Waals surface area (Å²) >= 11 is 6.48. The Morgan fingerprint density at radius 3 is 2.33 bits per heavy atom. The van der Waals surface area contributed by atoms with E-state index in [0.29, 0.717) is 40.6 Å². The standard InChI is InChI=1S/C38H54ClN5O8/c1-7-11-26(32(46)35(48)40-23-14-15-23)41-34(47)28-20-38(19-27(43-52-38)24-17-25(39)30(51-6)18-29(24)50-5)21-44(28)36(49)33(37(2,3)4)42-31(45)16-22-12-9-8-10-13-22/h17-18,22-23,26,28,33H,7-16,19-21H2,1-6H3,(H,40,48)(H,41,47)(H,42,45)/t26-,28-,33+,38+/m0/s1. The number of benzene rings is 1. The van der Waals surface area contributed by atoms with E-state index in [-0.39, 0.29) is 43.7 Å². The zero-order valence-electron chi connectivity index (χ0n) is 31.3. The highest BCUT2D eigenvalue weighted by atomic mass is 35.5. The molecule has 1 saturated heterocycles. The van der Waals surface area contributed by atoms with Crippen LogP contribution < -0.4 is 25.4 Å². The van der Waals surface area contributed by atoms with Gasteiger partial charge in [0.05, 0.1) is 37.5 Å². The molecule has 5 rings (SSSR count). The number of likely N-dealkylation sites (tertiary alicyclic amines) is 1. The Balaban J connectivity index is 1.42. The lowest BCUT2D eigenvalue weighted by Gasteiger charge is -2.36. The fraction of sp³-hybridized carbons (Fsp3) is 0.684. The Labute approximate surface area is 311 Å². The van der Waals surface area contributed by atoms with E-state index in [9.17, 15) is 24.0 Å². The topological polar surface area (TPSA) is 165 Å². The van der Waals surface area contributed by atoms with Gasteiger partial charge in [0.25, 0.3) is 5.91 Å². The van der Waals surface area contributed by atoms with E-state index in [0.717, 1.165) is 38.5 Å². The number of oxime groups is 1. The van der Waals surface area contributed by atoms with Crippen molar-refractivity contribution < 1.29 is 38.3 Å². The number of rotatable bonds is 14. The van der Waals surface area contributed by atoms with E-state index >= 15 is 0 Å². The van der Waals surface area contributed by atoms with Crippen molar-refractivity contribution in [1.82, 2.24) is 20.9 Å². The summed E-state index contributed by atoms with van der Waals surface area (Å²) in [5, 5.41) is 13.3. The predicted octanol–water partition coefficient (Wildman–Crippen LogP) is 4.46. The molecule has 4 amide bonds. The van der Waals surface area contributed by atoms with Crippen molar-refractivity contribution in [3.63, 3.8) is 0 Å². The second-order valence-electron chi connectivity index (χ2n) is 15.9. The van der Waals surface area contributed by atoms with Crippen LogP contribution in [-0.2, 0) is 28.8 Å². The van der Waals surface area contributed by atoms with Gasteiger partial charge in [-0.15, -0.1) is 0 Å². The fourth-order valence-electron chi connectivity index (χ4n) is 7.52. The van der Waals surface area contributed by atoms with Gasteiger partial charge in [-0.05, 0) is 49.5 Å². The summed E-state index contributed by atoms with van der Waals surface area (Å²) in [5.74, 6) is -1.51. The molecule has 2 aliphatic heterocycles. The number of carbonyl (C=O) groups excluding carboxylic acids is 5. The van der Waals surface area contributed by atoms with Crippen LogP contribution in [0.15, 0.2) is 17.3 Å². The summed E-state index contributed by atoms with van der Waals surface area (Å²) in [4.78, 5) is 75.9. The van der Waals surface area contributed by atoms with Gasteiger partial charge in [0.15, 0.2) is 5.60 Å². The first kappa shape index (κ1) is 39.3. The van der Waals surface area contributed by atoms with Gasteiger partial charge < -0.3 is 35.2 Å². The molecule has 0 radical (unpaired) electrons. The summed E-state index contributed by atoms with van der Waals surface area (Å²) in [7, 11) is 3.02. The number of hydrogen-bond acceptors (Lipinski definition) is 9. The molecule has 1 spiro atoms. The summed E-state index contributed by atoms with van der Waals surface area (Å²) in [5.41, 5.74) is -0.720. The van der Waals surface area contributed by atoms with Gasteiger partial charge >= 0.3 is 0 Å². The molecule has 4 atom stereocenters. The Bertz CT molecular complexity index is 1570. The minimum atomic E-state index is -1.10. The van der Waals surface area contributed by atoms with Crippen molar-refractivity contribution in [3.8, 4) is 11.5 Å². The number of hydrogen-bond donors (Lipinski definition) is 3. The summed E-state index contributed by atoms with van der Waals surface area (Å²) in [6.45, 7) is 7.47. The third-order valence-electron chi connectivity index (χ3n) is 10.6. The third-order valence-corrected chi connectivity index (χ3v) is 10.9. The van der Waals surface area contributed by atoms with Gasteiger partial charge in [-0.1, -0.05) is 70.1 Å². The molecule has 14 heteroatoms. The lowest BCUT2D eigenvalue weighted by atomic mass is 9.84. The maximum Gasteiger partial charge on any atom is 0.289 e. The Hall–Kier alpha value is -3.87. The van der Waals surface area contributed by atoms with Crippen molar-refractivity contribution in [2.75, 3.05) is 20.8 Å². The van der Waals surface area contributed by atoms with Crippen LogP contribution in [-0.4, -0.2) is 90.6 Å². The second-order valence-corrected chi connectivity index (χ2v) is 16.3. The van der Waals surface area contributed by atoms with Crippen LogP contribution in [0.3, 0.4) is 0 Å². The molecule has 2 heterocycles. The van der Waals surface area contributed by atoms with E-state index in [1.54, 1.807) is 12.1 Å². The summed E-state index contributed by atoms with van der Waals surface area (Å²) in [6.07, 6.45) is 8.35. The van der Waals surface area contributed by atoms with Gasteiger partial charge in [-0.2, -0.15) is 0 Å². The Kier molecular flexibility index (Phi) is 12.4. The first-order valence-electron chi connectivity index (χ1n) is 18.6. The highest BCUT2D eigenvalue weighted by Gasteiger charge is 2.56. The number of methoxy groups -OCH3 is 2. The van der Waals surface area contributed by atoms with Gasteiger partial charge in [0, 0.05) is 36.9 Å². The molecular weight excluding hydrogens is 690 g/mol.